The van der Waals surface area contributed by atoms with Gasteiger partial charge in [0.25, 0.3) is 0 Å². The zero-order chi connectivity index (χ0) is 11.3. The minimum absolute atomic E-state index is 0.235. The highest BCUT2D eigenvalue weighted by Gasteiger charge is 2.02. The highest BCUT2D eigenvalue weighted by atomic mass is 79.9. The Kier molecular flexibility index (Phi) is 5.72. The molecule has 0 saturated carbocycles. The first-order valence-corrected chi connectivity index (χ1v) is 7.28. The molecular formula is C12H17BrOS. The fourth-order valence-electron chi connectivity index (χ4n) is 1.51. The van der Waals surface area contributed by atoms with E-state index in [1.807, 2.05) is 0 Å². The summed E-state index contributed by atoms with van der Waals surface area (Å²) >= 11 is 5.04. The van der Waals surface area contributed by atoms with Crippen molar-refractivity contribution in [3.8, 4) is 0 Å². The molecule has 0 bridgehead atoms. The van der Waals surface area contributed by atoms with Crippen molar-refractivity contribution >= 4 is 27.7 Å². The number of hydrogen-bond donors (Lipinski definition) is 1. The Morgan fingerprint density at radius 3 is 2.40 bits per heavy atom. The van der Waals surface area contributed by atoms with Crippen LogP contribution in [0.2, 0.25) is 0 Å². The van der Waals surface area contributed by atoms with Crippen LogP contribution in [-0.4, -0.2) is 22.3 Å². The van der Waals surface area contributed by atoms with Gasteiger partial charge in [-0.05, 0) is 19.4 Å². The van der Waals surface area contributed by atoms with E-state index in [4.69, 9.17) is 0 Å². The van der Waals surface area contributed by atoms with E-state index in [9.17, 15) is 5.11 Å². The number of aliphatic hydroxyl groups is 1. The Morgan fingerprint density at radius 2 is 1.87 bits per heavy atom. The molecule has 0 aliphatic rings. The third-order valence-electron chi connectivity index (χ3n) is 2.04. The van der Waals surface area contributed by atoms with Crippen LogP contribution in [0, 0.1) is 13.8 Å². The summed E-state index contributed by atoms with van der Waals surface area (Å²) in [6.07, 6.45) is -0.235. The van der Waals surface area contributed by atoms with E-state index in [-0.39, 0.29) is 6.10 Å². The lowest BCUT2D eigenvalue weighted by molar-refractivity contribution is 0.226. The van der Waals surface area contributed by atoms with Gasteiger partial charge in [0.05, 0.1) is 6.10 Å². The average Bonchev–Trinajstić information content (AvgIpc) is 2.16. The van der Waals surface area contributed by atoms with Gasteiger partial charge < -0.3 is 5.11 Å². The summed E-state index contributed by atoms with van der Waals surface area (Å²) in [6, 6.07) is 6.60. The predicted molar refractivity (Wildman–Crippen MR) is 71.9 cm³/mol. The van der Waals surface area contributed by atoms with Crippen LogP contribution in [0.4, 0.5) is 0 Å². The SMILES string of the molecule is Cc1cc(C)cc(CSCC(O)CBr)c1. The molecule has 0 aliphatic heterocycles. The molecule has 1 aromatic carbocycles. The Bertz CT molecular complexity index is 294. The first-order valence-electron chi connectivity index (χ1n) is 5.00. The van der Waals surface area contributed by atoms with Gasteiger partial charge >= 0.3 is 0 Å². The van der Waals surface area contributed by atoms with Crippen LogP contribution < -0.4 is 0 Å². The molecule has 1 rings (SSSR count). The van der Waals surface area contributed by atoms with Gasteiger partial charge in [-0.2, -0.15) is 11.8 Å². The number of aliphatic hydroxyl groups excluding tert-OH is 1. The molecule has 0 fully saturated rings. The maximum Gasteiger partial charge on any atom is 0.0727 e. The minimum atomic E-state index is -0.235. The summed E-state index contributed by atoms with van der Waals surface area (Å²) in [6.45, 7) is 4.24. The van der Waals surface area contributed by atoms with E-state index >= 15 is 0 Å². The number of alkyl halides is 1. The second-order valence-electron chi connectivity index (χ2n) is 3.82. The van der Waals surface area contributed by atoms with Gasteiger partial charge in [-0.25, -0.2) is 0 Å². The van der Waals surface area contributed by atoms with Crippen molar-refractivity contribution < 1.29 is 5.11 Å². The van der Waals surface area contributed by atoms with Crippen LogP contribution >= 0.6 is 27.7 Å². The summed E-state index contributed by atoms with van der Waals surface area (Å²) in [5.41, 5.74) is 3.97. The van der Waals surface area contributed by atoms with Crippen molar-refractivity contribution in [3.05, 3.63) is 34.9 Å². The number of hydrogen-bond acceptors (Lipinski definition) is 2. The molecule has 1 unspecified atom stereocenters. The lowest BCUT2D eigenvalue weighted by Gasteiger charge is -2.07. The Balaban J connectivity index is 2.43. The highest BCUT2D eigenvalue weighted by molar-refractivity contribution is 9.09. The number of thioether (sulfide) groups is 1. The minimum Gasteiger partial charge on any atom is -0.391 e. The quantitative estimate of drug-likeness (QED) is 0.839. The van der Waals surface area contributed by atoms with Gasteiger partial charge in [0.2, 0.25) is 0 Å². The summed E-state index contributed by atoms with van der Waals surface area (Å²) in [5, 5.41) is 10.0. The largest absolute Gasteiger partial charge is 0.391 e. The standard InChI is InChI=1S/C12H17BrOS/c1-9-3-10(2)5-11(4-9)7-15-8-12(14)6-13/h3-5,12,14H,6-8H2,1-2H3. The van der Waals surface area contributed by atoms with Gasteiger partial charge in [-0.15, -0.1) is 0 Å². The molecule has 15 heavy (non-hydrogen) atoms. The van der Waals surface area contributed by atoms with Crippen molar-refractivity contribution in [2.24, 2.45) is 0 Å². The molecule has 0 saturated heterocycles. The van der Waals surface area contributed by atoms with E-state index in [0.717, 1.165) is 11.5 Å². The molecule has 0 spiro atoms. The third kappa shape index (κ3) is 5.05. The van der Waals surface area contributed by atoms with Gasteiger partial charge in [0.15, 0.2) is 0 Å². The van der Waals surface area contributed by atoms with Crippen LogP contribution in [0.5, 0.6) is 0 Å². The molecule has 1 nitrogen and oxygen atoms in total. The smallest absolute Gasteiger partial charge is 0.0727 e. The molecule has 0 radical (unpaired) electrons. The molecule has 3 heteroatoms. The lowest BCUT2D eigenvalue weighted by Crippen LogP contribution is -2.10. The van der Waals surface area contributed by atoms with Crippen LogP contribution in [0.1, 0.15) is 16.7 Å². The van der Waals surface area contributed by atoms with E-state index in [2.05, 4.69) is 48.0 Å². The van der Waals surface area contributed by atoms with E-state index in [0.29, 0.717) is 5.33 Å². The normalized spacial score (nSPS) is 12.8. The molecule has 0 amide bonds. The molecular weight excluding hydrogens is 272 g/mol. The first-order chi connectivity index (χ1) is 7.11. The van der Waals surface area contributed by atoms with Crippen LogP contribution in [0.15, 0.2) is 18.2 Å². The molecule has 0 heterocycles. The summed E-state index contributed by atoms with van der Waals surface area (Å²) in [5.74, 6) is 1.77. The highest BCUT2D eigenvalue weighted by Crippen LogP contribution is 2.16. The first kappa shape index (κ1) is 13.1. The molecule has 1 aromatic rings. The maximum atomic E-state index is 9.38. The topological polar surface area (TPSA) is 20.2 Å². The van der Waals surface area contributed by atoms with Gasteiger partial charge in [0, 0.05) is 16.8 Å². The molecule has 84 valence electrons. The maximum absolute atomic E-state index is 9.38. The van der Waals surface area contributed by atoms with E-state index in [1.165, 1.54) is 16.7 Å². The molecule has 1 N–H and O–H groups in total. The van der Waals surface area contributed by atoms with Crippen molar-refractivity contribution in [1.29, 1.82) is 0 Å². The number of halogens is 1. The molecule has 0 aliphatic carbocycles. The summed E-state index contributed by atoms with van der Waals surface area (Å²) in [7, 11) is 0. The predicted octanol–water partition coefficient (Wildman–Crippen LogP) is 3.29. The van der Waals surface area contributed by atoms with Crippen molar-refractivity contribution in [1.82, 2.24) is 0 Å². The second kappa shape index (κ2) is 6.56. The fourth-order valence-corrected chi connectivity index (χ4v) is 2.95. The van der Waals surface area contributed by atoms with Gasteiger partial charge in [-0.3, -0.25) is 0 Å². The van der Waals surface area contributed by atoms with E-state index < -0.39 is 0 Å². The van der Waals surface area contributed by atoms with Crippen LogP contribution in [0.25, 0.3) is 0 Å². The zero-order valence-electron chi connectivity index (χ0n) is 9.16. The zero-order valence-corrected chi connectivity index (χ0v) is 11.6. The van der Waals surface area contributed by atoms with Gasteiger partial charge in [0.1, 0.15) is 0 Å². The number of benzene rings is 1. The fraction of sp³-hybridized carbons (Fsp3) is 0.500. The lowest BCUT2D eigenvalue weighted by atomic mass is 10.1. The van der Waals surface area contributed by atoms with Crippen molar-refractivity contribution in [2.45, 2.75) is 25.7 Å². The van der Waals surface area contributed by atoms with Crippen molar-refractivity contribution in [3.63, 3.8) is 0 Å². The average molecular weight is 289 g/mol. The van der Waals surface area contributed by atoms with Crippen LogP contribution in [0.3, 0.4) is 0 Å². The second-order valence-corrected chi connectivity index (χ2v) is 5.50. The van der Waals surface area contributed by atoms with Crippen LogP contribution in [-0.2, 0) is 5.75 Å². The molecule has 1 atom stereocenters. The molecule has 0 aromatic heterocycles. The third-order valence-corrected chi connectivity index (χ3v) is 3.94. The Hall–Kier alpha value is 0.01000. The van der Waals surface area contributed by atoms with Gasteiger partial charge in [-0.1, -0.05) is 45.3 Å². The summed E-state index contributed by atoms with van der Waals surface area (Å²) < 4.78 is 0. The van der Waals surface area contributed by atoms with Crippen molar-refractivity contribution in [2.75, 3.05) is 11.1 Å². The monoisotopic (exact) mass is 288 g/mol. The Morgan fingerprint density at radius 1 is 1.27 bits per heavy atom. The number of rotatable bonds is 5. The van der Waals surface area contributed by atoms with E-state index in [1.54, 1.807) is 11.8 Å². The number of aryl methyl sites for hydroxylation is 2. The summed E-state index contributed by atoms with van der Waals surface area (Å²) in [4.78, 5) is 0. The Labute approximate surface area is 104 Å².